The summed E-state index contributed by atoms with van der Waals surface area (Å²) < 4.78 is 1.38. The van der Waals surface area contributed by atoms with E-state index in [0.717, 1.165) is 31.6 Å². The molecule has 1 aliphatic rings. The zero-order valence-electron chi connectivity index (χ0n) is 14.4. The zero-order valence-corrected chi connectivity index (χ0v) is 14.4. The molecule has 0 aromatic carbocycles. The molecule has 26 heavy (non-hydrogen) atoms. The van der Waals surface area contributed by atoms with Crippen LogP contribution in [0.5, 0.6) is 0 Å². The van der Waals surface area contributed by atoms with Crippen molar-refractivity contribution in [2.75, 3.05) is 13.1 Å². The third-order valence-corrected chi connectivity index (χ3v) is 4.43. The molecule has 138 valence electrons. The Labute approximate surface area is 148 Å². The van der Waals surface area contributed by atoms with Crippen molar-refractivity contribution >= 4 is 12.2 Å². The largest absolute Gasteiger partial charge is 0.483 e. The normalized spacial score (nSPS) is 15.6. The summed E-state index contributed by atoms with van der Waals surface area (Å²) in [5, 5.41) is 16.9. The van der Waals surface area contributed by atoms with Gasteiger partial charge in [-0.3, -0.25) is 24.7 Å². The van der Waals surface area contributed by atoms with Gasteiger partial charge in [0.25, 0.3) is 17.8 Å². The first kappa shape index (κ1) is 17.8. The highest BCUT2D eigenvalue weighted by atomic mass is 16.3. The van der Waals surface area contributed by atoms with Gasteiger partial charge in [-0.25, -0.2) is 4.98 Å². The van der Waals surface area contributed by atoms with Crippen molar-refractivity contribution in [3.63, 3.8) is 0 Å². The molecule has 1 saturated heterocycles. The third-order valence-electron chi connectivity index (χ3n) is 4.43. The fourth-order valence-corrected chi connectivity index (χ4v) is 3.24. The number of aromatic nitrogens is 6. The van der Waals surface area contributed by atoms with Crippen LogP contribution < -0.4 is 5.56 Å². The van der Waals surface area contributed by atoms with Crippen LogP contribution in [0.1, 0.15) is 36.0 Å². The Hall–Kier alpha value is -3.01. The van der Waals surface area contributed by atoms with Crippen molar-refractivity contribution in [1.29, 1.82) is 0 Å². The molecular weight excluding hydrogens is 338 g/mol. The van der Waals surface area contributed by atoms with Gasteiger partial charge in [-0.15, -0.1) is 0 Å². The highest BCUT2D eigenvalue weighted by molar-refractivity contribution is 5.32. The first-order valence-electron chi connectivity index (χ1n) is 8.35. The number of fused-ring (bicyclic) bond motifs is 1. The van der Waals surface area contributed by atoms with Crippen LogP contribution in [0.2, 0.25) is 0 Å². The predicted octanol–water partition coefficient (Wildman–Crippen LogP) is 0.530. The van der Waals surface area contributed by atoms with Gasteiger partial charge in [0.1, 0.15) is 5.82 Å². The second-order valence-electron chi connectivity index (χ2n) is 6.20. The number of piperidine rings is 1. The molecule has 0 unspecified atom stereocenters. The Bertz CT molecular complexity index is 908. The minimum atomic E-state index is -0.250. The molecule has 1 aliphatic heterocycles. The lowest BCUT2D eigenvalue weighted by Gasteiger charge is -2.31. The van der Waals surface area contributed by atoms with Crippen molar-refractivity contribution in [2.45, 2.75) is 32.2 Å². The van der Waals surface area contributed by atoms with E-state index in [0.29, 0.717) is 24.1 Å². The number of aryl methyl sites for hydroxylation is 1. The van der Waals surface area contributed by atoms with E-state index in [4.69, 9.17) is 9.90 Å². The van der Waals surface area contributed by atoms with E-state index in [-0.39, 0.29) is 12.0 Å². The van der Waals surface area contributed by atoms with Crippen LogP contribution in [-0.2, 0) is 11.3 Å². The smallest absolute Gasteiger partial charge is 0.290 e. The molecule has 3 N–H and O–H groups in total. The quantitative estimate of drug-likeness (QED) is 0.581. The number of carbonyl (C=O) groups is 1. The van der Waals surface area contributed by atoms with Crippen LogP contribution in [0.3, 0.4) is 0 Å². The van der Waals surface area contributed by atoms with E-state index in [9.17, 15) is 4.79 Å². The molecule has 4 rings (SSSR count). The number of carboxylic acid groups (broad SMARTS) is 1. The van der Waals surface area contributed by atoms with Gasteiger partial charge >= 0.3 is 0 Å². The average Bonchev–Trinajstić information content (AvgIpc) is 3.26. The third kappa shape index (κ3) is 3.97. The fourth-order valence-electron chi connectivity index (χ4n) is 3.24. The van der Waals surface area contributed by atoms with Gasteiger partial charge in [0.2, 0.25) is 0 Å². The summed E-state index contributed by atoms with van der Waals surface area (Å²) in [4.78, 5) is 31.5. The first-order valence-corrected chi connectivity index (χ1v) is 8.35. The van der Waals surface area contributed by atoms with Crippen molar-refractivity contribution in [3.8, 4) is 0 Å². The van der Waals surface area contributed by atoms with E-state index < -0.39 is 0 Å². The number of likely N-dealkylation sites (tertiary alicyclic amines) is 1. The maximum Gasteiger partial charge on any atom is 0.290 e. The molecule has 0 spiro atoms. The second-order valence-corrected chi connectivity index (χ2v) is 6.20. The lowest BCUT2D eigenvalue weighted by Crippen LogP contribution is -2.33. The minimum absolute atomic E-state index is 0.113. The molecule has 0 aliphatic carbocycles. The molecule has 4 heterocycles. The van der Waals surface area contributed by atoms with Crippen LogP contribution in [0.15, 0.2) is 23.1 Å². The predicted molar refractivity (Wildman–Crippen MR) is 92.9 cm³/mol. The number of nitrogens with zero attached hydrogens (tertiary/aromatic N) is 5. The minimum Gasteiger partial charge on any atom is -0.483 e. The lowest BCUT2D eigenvalue weighted by molar-refractivity contribution is -0.122. The summed E-state index contributed by atoms with van der Waals surface area (Å²) in [7, 11) is 0. The van der Waals surface area contributed by atoms with Gasteiger partial charge in [0, 0.05) is 30.4 Å². The summed E-state index contributed by atoms with van der Waals surface area (Å²) in [5.74, 6) is 1.67. The van der Waals surface area contributed by atoms with Gasteiger partial charge in [-0.05, 0) is 38.9 Å². The monoisotopic (exact) mass is 359 g/mol. The fraction of sp³-hybridized carbons (Fsp3) is 0.438. The van der Waals surface area contributed by atoms with E-state index in [1.165, 1.54) is 10.2 Å². The van der Waals surface area contributed by atoms with E-state index in [2.05, 4.69) is 36.2 Å². The summed E-state index contributed by atoms with van der Waals surface area (Å²) in [6, 6.07) is 3.64. The molecule has 3 aromatic rings. The molecule has 0 atom stereocenters. The average molecular weight is 359 g/mol. The Morgan fingerprint density at radius 2 is 2.08 bits per heavy atom. The molecule has 0 radical (unpaired) electrons. The summed E-state index contributed by atoms with van der Waals surface area (Å²) in [6.07, 6.45) is 3.98. The second kappa shape index (κ2) is 7.91. The molecule has 0 saturated carbocycles. The van der Waals surface area contributed by atoms with Crippen molar-refractivity contribution in [3.05, 3.63) is 45.9 Å². The maximum absolute atomic E-state index is 12.1. The lowest BCUT2D eigenvalue weighted by atomic mass is 9.93. The number of hydrogen-bond donors (Lipinski definition) is 3. The van der Waals surface area contributed by atoms with Gasteiger partial charge in [0.05, 0.1) is 5.69 Å². The Morgan fingerprint density at radius 3 is 2.73 bits per heavy atom. The molecule has 0 bridgehead atoms. The highest BCUT2D eigenvalue weighted by Gasteiger charge is 2.22. The number of hydrogen-bond acceptors (Lipinski definition) is 6. The van der Waals surface area contributed by atoms with Crippen LogP contribution in [0.4, 0.5) is 0 Å². The number of aromatic amines is 2. The number of nitrogens with one attached hydrogen (secondary N) is 2. The standard InChI is InChI=1S/C15H19N7O.CH2O2/c1-10-17-15-18-12(8-14(23)22(15)20-10)9-21-6-3-11(4-7-21)13-2-5-16-19-13;2-1-3/h2,5,8,11H,3-4,6-7,9H2,1H3,(H,16,19)(H,17,18,20);1H,(H,2,3). The molecule has 0 amide bonds. The SMILES string of the molecule is Cc1nc2nc(CN3CCC(c4ccn[nH]4)CC3)cc(=O)n2[nH]1.O=CO. The van der Waals surface area contributed by atoms with E-state index in [1.54, 1.807) is 12.3 Å². The number of rotatable bonds is 3. The van der Waals surface area contributed by atoms with Gasteiger partial charge in [0.15, 0.2) is 0 Å². The van der Waals surface area contributed by atoms with Crippen molar-refractivity contribution in [1.82, 2.24) is 34.7 Å². The molecule has 1 fully saturated rings. The Morgan fingerprint density at radius 1 is 1.35 bits per heavy atom. The van der Waals surface area contributed by atoms with Crippen LogP contribution in [-0.4, -0.2) is 59.3 Å². The van der Waals surface area contributed by atoms with Crippen LogP contribution in [0.25, 0.3) is 5.78 Å². The topological polar surface area (TPSA) is 132 Å². The molecule has 10 nitrogen and oxygen atoms in total. The van der Waals surface area contributed by atoms with E-state index in [1.807, 2.05) is 6.92 Å². The van der Waals surface area contributed by atoms with Crippen molar-refractivity contribution in [2.24, 2.45) is 0 Å². The van der Waals surface area contributed by atoms with Gasteiger partial charge in [-0.2, -0.15) is 14.6 Å². The molecule has 10 heteroatoms. The van der Waals surface area contributed by atoms with Crippen LogP contribution in [0, 0.1) is 6.92 Å². The number of H-pyrrole nitrogens is 2. The highest BCUT2D eigenvalue weighted by Crippen LogP contribution is 2.26. The molecular formula is C16H21N7O3. The summed E-state index contributed by atoms with van der Waals surface area (Å²) in [5.41, 5.74) is 1.88. The zero-order chi connectivity index (χ0) is 18.5. The van der Waals surface area contributed by atoms with Crippen molar-refractivity contribution < 1.29 is 9.90 Å². The van der Waals surface area contributed by atoms with Gasteiger partial charge in [-0.1, -0.05) is 0 Å². The molecule has 3 aromatic heterocycles. The summed E-state index contributed by atoms with van der Waals surface area (Å²) >= 11 is 0. The Balaban J connectivity index is 0.000000613. The first-order chi connectivity index (χ1) is 12.6. The maximum atomic E-state index is 12.1. The van der Waals surface area contributed by atoms with E-state index >= 15 is 0 Å². The van der Waals surface area contributed by atoms with Gasteiger partial charge < -0.3 is 5.11 Å². The Kier molecular flexibility index (Phi) is 5.42. The van der Waals surface area contributed by atoms with Crippen LogP contribution >= 0.6 is 0 Å². The summed E-state index contributed by atoms with van der Waals surface area (Å²) in [6.45, 7) is 4.23.